The number of hydrogen-bond donors (Lipinski definition) is 4. The third kappa shape index (κ3) is 4.94. The van der Waals surface area contributed by atoms with Crippen molar-refractivity contribution in [2.75, 3.05) is 0 Å². The molecule has 0 aromatic rings. The second-order valence-electron chi connectivity index (χ2n) is 3.00. The lowest BCUT2D eigenvalue weighted by atomic mass is 10.2. The van der Waals surface area contributed by atoms with Crippen LogP contribution in [0.3, 0.4) is 0 Å². The highest BCUT2D eigenvalue weighted by atomic mass is 16.4. The summed E-state index contributed by atoms with van der Waals surface area (Å²) in [7, 11) is 0. The van der Waals surface area contributed by atoms with E-state index >= 15 is 0 Å². The van der Waals surface area contributed by atoms with Crippen molar-refractivity contribution in [3.63, 3.8) is 0 Å². The molecule has 8 heteroatoms. The zero-order chi connectivity index (χ0) is 12.7. The maximum absolute atomic E-state index is 11.2. The number of rotatable bonds is 7. The van der Waals surface area contributed by atoms with E-state index in [1.54, 1.807) is 0 Å². The van der Waals surface area contributed by atoms with Gasteiger partial charge in [-0.15, -0.1) is 0 Å². The molecule has 0 aliphatic heterocycles. The minimum absolute atomic E-state index is 0.289. The second-order valence-corrected chi connectivity index (χ2v) is 3.00. The van der Waals surface area contributed by atoms with E-state index in [1.807, 2.05) is 5.32 Å². The Morgan fingerprint density at radius 2 is 1.88 bits per heavy atom. The lowest BCUT2D eigenvalue weighted by Crippen LogP contribution is -2.49. The molecule has 0 saturated heterocycles. The van der Waals surface area contributed by atoms with Gasteiger partial charge in [0.25, 0.3) is 0 Å². The van der Waals surface area contributed by atoms with E-state index in [-0.39, 0.29) is 6.41 Å². The molecule has 0 heterocycles. The maximum atomic E-state index is 11.2. The van der Waals surface area contributed by atoms with Gasteiger partial charge in [0.2, 0.25) is 12.3 Å². The highest BCUT2D eigenvalue weighted by Gasteiger charge is 2.24. The number of carbonyl (C=O) groups is 4. The summed E-state index contributed by atoms with van der Waals surface area (Å²) in [5.74, 6) is -3.56. The molecule has 0 saturated carbocycles. The van der Waals surface area contributed by atoms with Gasteiger partial charge in [-0.1, -0.05) is 0 Å². The number of carboxylic acid groups (broad SMARTS) is 2. The molecular formula is C8H12N2O6. The monoisotopic (exact) mass is 232 g/mol. The molecule has 90 valence electrons. The van der Waals surface area contributed by atoms with Gasteiger partial charge in [-0.25, -0.2) is 4.79 Å². The van der Waals surface area contributed by atoms with Crippen LogP contribution >= 0.6 is 0 Å². The lowest BCUT2D eigenvalue weighted by Gasteiger charge is -2.15. The number of carboxylic acids is 2. The molecule has 0 aromatic heterocycles. The molecule has 0 aliphatic rings. The van der Waals surface area contributed by atoms with Gasteiger partial charge in [0.05, 0.1) is 6.42 Å². The van der Waals surface area contributed by atoms with Gasteiger partial charge in [0.15, 0.2) is 0 Å². The van der Waals surface area contributed by atoms with Crippen molar-refractivity contribution >= 4 is 24.3 Å². The first kappa shape index (κ1) is 13.9. The molecule has 2 amide bonds. The third-order valence-electron chi connectivity index (χ3n) is 1.70. The van der Waals surface area contributed by atoms with Crippen LogP contribution in [0.5, 0.6) is 0 Å². The van der Waals surface area contributed by atoms with Crippen molar-refractivity contribution in [3.05, 3.63) is 0 Å². The van der Waals surface area contributed by atoms with E-state index in [0.717, 1.165) is 0 Å². The Morgan fingerprint density at radius 3 is 2.25 bits per heavy atom. The summed E-state index contributed by atoms with van der Waals surface area (Å²) in [6.07, 6.45) is -0.438. The maximum Gasteiger partial charge on any atom is 0.326 e. The predicted octanol–water partition coefficient (Wildman–Crippen LogP) is -1.83. The van der Waals surface area contributed by atoms with Gasteiger partial charge in [0, 0.05) is 0 Å². The van der Waals surface area contributed by atoms with Gasteiger partial charge in [0.1, 0.15) is 12.1 Å². The van der Waals surface area contributed by atoms with Crippen LogP contribution in [0.1, 0.15) is 13.3 Å². The number of amides is 2. The Morgan fingerprint density at radius 1 is 1.31 bits per heavy atom. The van der Waals surface area contributed by atoms with E-state index < -0.39 is 36.4 Å². The summed E-state index contributed by atoms with van der Waals surface area (Å²) < 4.78 is 0. The number of nitrogens with one attached hydrogen (secondary N) is 2. The highest BCUT2D eigenvalue weighted by Crippen LogP contribution is 1.94. The largest absolute Gasteiger partial charge is 0.481 e. The Bertz CT molecular complexity index is 303. The van der Waals surface area contributed by atoms with E-state index in [1.165, 1.54) is 6.92 Å². The molecule has 4 N–H and O–H groups in total. The molecule has 0 bridgehead atoms. The molecule has 0 spiro atoms. The molecule has 0 fully saturated rings. The van der Waals surface area contributed by atoms with E-state index in [9.17, 15) is 19.2 Å². The molecule has 8 nitrogen and oxygen atoms in total. The van der Waals surface area contributed by atoms with Crippen LogP contribution in [0.15, 0.2) is 0 Å². The van der Waals surface area contributed by atoms with Crippen molar-refractivity contribution in [2.45, 2.75) is 25.4 Å². The van der Waals surface area contributed by atoms with Crippen LogP contribution in [-0.4, -0.2) is 46.6 Å². The fraction of sp³-hybridized carbons (Fsp3) is 0.500. The number of aliphatic carboxylic acids is 2. The van der Waals surface area contributed by atoms with Crippen LogP contribution in [0.2, 0.25) is 0 Å². The van der Waals surface area contributed by atoms with Crippen molar-refractivity contribution in [3.8, 4) is 0 Å². The topological polar surface area (TPSA) is 133 Å². The summed E-state index contributed by atoms with van der Waals surface area (Å²) in [4.78, 5) is 42.1. The molecule has 0 aromatic carbocycles. The summed E-state index contributed by atoms with van der Waals surface area (Å²) in [6.45, 7) is 1.34. The van der Waals surface area contributed by atoms with Crippen molar-refractivity contribution in [1.29, 1.82) is 0 Å². The zero-order valence-electron chi connectivity index (χ0n) is 8.47. The van der Waals surface area contributed by atoms with E-state index in [0.29, 0.717) is 0 Å². The fourth-order valence-electron chi connectivity index (χ4n) is 0.849. The van der Waals surface area contributed by atoms with Crippen LogP contribution in [0.25, 0.3) is 0 Å². The Labute approximate surface area is 90.6 Å². The normalized spacial score (nSPS) is 13.3. The van der Waals surface area contributed by atoms with Gasteiger partial charge in [-0.2, -0.15) is 0 Å². The van der Waals surface area contributed by atoms with Gasteiger partial charge in [-0.3, -0.25) is 14.4 Å². The standard InChI is InChI=1S/C8H12N2O6/c1-4(9-3-11)7(14)10-5(8(15)16)2-6(12)13/h3-5H,2H2,1H3,(H,9,11)(H,10,14)(H,12,13)(H,15,16)/t4-,5-/m1/s1. The fourth-order valence-corrected chi connectivity index (χ4v) is 0.849. The molecule has 2 atom stereocenters. The van der Waals surface area contributed by atoms with Crippen LogP contribution in [-0.2, 0) is 19.2 Å². The van der Waals surface area contributed by atoms with Crippen LogP contribution < -0.4 is 10.6 Å². The van der Waals surface area contributed by atoms with E-state index in [4.69, 9.17) is 10.2 Å². The van der Waals surface area contributed by atoms with Crippen molar-refractivity contribution in [1.82, 2.24) is 10.6 Å². The smallest absolute Gasteiger partial charge is 0.326 e. The molecule has 0 unspecified atom stereocenters. The Hall–Kier alpha value is -2.12. The number of hydrogen-bond acceptors (Lipinski definition) is 4. The van der Waals surface area contributed by atoms with Crippen molar-refractivity contribution in [2.24, 2.45) is 0 Å². The summed E-state index contributed by atoms with van der Waals surface area (Å²) in [5.41, 5.74) is 0. The quantitative estimate of drug-likeness (QED) is 0.381. The minimum atomic E-state index is -1.51. The zero-order valence-corrected chi connectivity index (χ0v) is 8.47. The number of carbonyl (C=O) groups excluding carboxylic acids is 2. The second kappa shape index (κ2) is 6.38. The highest BCUT2D eigenvalue weighted by molar-refractivity contribution is 5.89. The molecular weight excluding hydrogens is 220 g/mol. The Balaban J connectivity index is 4.39. The Kier molecular flexibility index (Phi) is 5.53. The molecule has 16 heavy (non-hydrogen) atoms. The van der Waals surface area contributed by atoms with Gasteiger partial charge in [-0.05, 0) is 6.92 Å². The van der Waals surface area contributed by atoms with Gasteiger partial charge >= 0.3 is 11.9 Å². The molecule has 0 rings (SSSR count). The third-order valence-corrected chi connectivity index (χ3v) is 1.70. The average Bonchev–Trinajstić information content (AvgIpc) is 2.16. The first-order chi connectivity index (χ1) is 7.38. The summed E-state index contributed by atoms with van der Waals surface area (Å²) >= 11 is 0. The first-order valence-electron chi connectivity index (χ1n) is 4.33. The van der Waals surface area contributed by atoms with Crippen molar-refractivity contribution < 1.29 is 29.4 Å². The summed E-state index contributed by atoms with van der Waals surface area (Å²) in [6, 6.07) is -2.44. The molecule has 0 radical (unpaired) electrons. The van der Waals surface area contributed by atoms with Crippen LogP contribution in [0, 0.1) is 0 Å². The minimum Gasteiger partial charge on any atom is -0.481 e. The lowest BCUT2D eigenvalue weighted by molar-refractivity contribution is -0.147. The average molecular weight is 232 g/mol. The van der Waals surface area contributed by atoms with E-state index in [2.05, 4.69) is 5.32 Å². The SMILES string of the molecule is C[C@@H](NC=O)C(=O)N[C@H](CC(=O)O)C(=O)O. The first-order valence-corrected chi connectivity index (χ1v) is 4.33. The summed E-state index contributed by atoms with van der Waals surface area (Å²) in [5, 5.41) is 21.1. The van der Waals surface area contributed by atoms with Crippen LogP contribution in [0.4, 0.5) is 0 Å². The van der Waals surface area contributed by atoms with Gasteiger partial charge < -0.3 is 20.8 Å². The molecule has 0 aliphatic carbocycles. The predicted molar refractivity (Wildman–Crippen MR) is 50.5 cm³/mol.